The van der Waals surface area contributed by atoms with E-state index in [9.17, 15) is 31.2 Å². The number of ketones is 1. The zero-order valence-corrected chi connectivity index (χ0v) is 20.5. The van der Waals surface area contributed by atoms with Gasteiger partial charge in [0.1, 0.15) is 0 Å². The molecule has 3 N–H and O–H groups in total. The van der Waals surface area contributed by atoms with Crippen LogP contribution in [0.5, 0.6) is 0 Å². The molecule has 3 rings (SSSR count). The molecular weight excluding hydrogens is 549 g/mol. The maximum atomic E-state index is 13.2. The Balaban J connectivity index is 1.78. The molecule has 1 aromatic carbocycles. The van der Waals surface area contributed by atoms with E-state index in [1.807, 2.05) is 0 Å². The van der Waals surface area contributed by atoms with E-state index in [1.165, 1.54) is 0 Å². The van der Waals surface area contributed by atoms with E-state index in [1.54, 1.807) is 0 Å². The van der Waals surface area contributed by atoms with Crippen molar-refractivity contribution in [2.45, 2.75) is 38.4 Å². The van der Waals surface area contributed by atoms with Gasteiger partial charge in [0.05, 0.1) is 33.5 Å². The van der Waals surface area contributed by atoms with Crippen LogP contribution in [0.4, 0.5) is 28.8 Å². The minimum Gasteiger partial charge on any atom is -0.307 e. The van der Waals surface area contributed by atoms with Crippen LogP contribution in [0.3, 0.4) is 0 Å². The number of carbonyl (C=O) groups is 2. The molecule has 8 nitrogen and oxygen atoms in total. The Labute approximate surface area is 200 Å². The van der Waals surface area contributed by atoms with Gasteiger partial charge in [0.15, 0.2) is 10.9 Å². The number of anilines is 2. The third-order valence-corrected chi connectivity index (χ3v) is 7.37. The van der Waals surface area contributed by atoms with Gasteiger partial charge in [-0.3, -0.25) is 10.1 Å². The highest BCUT2D eigenvalue weighted by molar-refractivity contribution is 9.11. The van der Waals surface area contributed by atoms with Crippen molar-refractivity contribution < 1.29 is 31.2 Å². The molecule has 0 aliphatic heterocycles. The number of rotatable bonds is 7. The number of urea groups is 1. The van der Waals surface area contributed by atoms with Gasteiger partial charge in [-0.25, -0.2) is 22.9 Å². The summed E-state index contributed by atoms with van der Waals surface area (Å²) in [5.74, 6) is -0.808. The number of amides is 2. The van der Waals surface area contributed by atoms with Gasteiger partial charge < -0.3 is 5.32 Å². The molecule has 0 unspecified atom stereocenters. The smallest absolute Gasteiger partial charge is 0.307 e. The van der Waals surface area contributed by atoms with Gasteiger partial charge in [0, 0.05) is 11.5 Å². The maximum absolute atomic E-state index is 13.2. The minimum absolute atomic E-state index is 0.0352. The first-order valence-electron chi connectivity index (χ1n) is 9.77. The van der Waals surface area contributed by atoms with E-state index in [-0.39, 0.29) is 28.8 Å². The van der Waals surface area contributed by atoms with Crippen molar-refractivity contribution in [1.82, 2.24) is 9.71 Å². The third kappa shape index (κ3) is 6.98. The standard InChI is InChI=1S/C19H20BrF3N4O4S2/c1-33(30,31)24-9-14-16(20)32-18(26-14)27-17(29)25-13-7-6-11(19(21,22)23)8-12(13)15(28)10-4-2-3-5-10/h6-8,10,24H,2-5,9H2,1H3,(H2,25,26,27,29). The molecule has 0 spiro atoms. The number of Topliss-reactive ketones (excluding diaryl/α,β-unsaturated/α-hetero) is 1. The number of hydrogen-bond acceptors (Lipinski definition) is 6. The Morgan fingerprint density at radius 2 is 1.88 bits per heavy atom. The number of nitrogens with zero attached hydrogens (tertiary/aromatic N) is 1. The second-order valence-electron chi connectivity index (χ2n) is 7.52. The van der Waals surface area contributed by atoms with Gasteiger partial charge in [-0.2, -0.15) is 13.2 Å². The predicted octanol–water partition coefficient (Wildman–Crippen LogP) is 4.99. The summed E-state index contributed by atoms with van der Waals surface area (Å²) in [6.45, 7) is -0.0990. The van der Waals surface area contributed by atoms with Crippen LogP contribution < -0.4 is 15.4 Å². The predicted molar refractivity (Wildman–Crippen MR) is 122 cm³/mol. The van der Waals surface area contributed by atoms with Crippen LogP contribution in [0.15, 0.2) is 22.0 Å². The average molecular weight is 569 g/mol. The summed E-state index contributed by atoms with van der Waals surface area (Å²) in [5, 5.41) is 5.00. The molecule has 0 atom stereocenters. The molecule has 1 aliphatic carbocycles. The van der Waals surface area contributed by atoms with E-state index in [4.69, 9.17) is 0 Å². The van der Waals surface area contributed by atoms with E-state index in [0.29, 0.717) is 22.3 Å². The van der Waals surface area contributed by atoms with Crippen molar-refractivity contribution in [2.75, 3.05) is 16.9 Å². The Hall–Kier alpha value is -2.03. The Morgan fingerprint density at radius 1 is 1.21 bits per heavy atom. The number of benzene rings is 1. The summed E-state index contributed by atoms with van der Waals surface area (Å²) in [5.41, 5.74) is -0.855. The Kier molecular flexibility index (Phi) is 7.81. The van der Waals surface area contributed by atoms with Gasteiger partial charge in [0.2, 0.25) is 10.0 Å². The van der Waals surface area contributed by atoms with E-state index in [0.717, 1.165) is 48.6 Å². The number of nitrogens with one attached hydrogen (secondary N) is 3. The average Bonchev–Trinajstić information content (AvgIpc) is 3.34. The van der Waals surface area contributed by atoms with Gasteiger partial charge in [-0.1, -0.05) is 24.2 Å². The number of halogens is 4. The molecule has 14 heteroatoms. The fourth-order valence-electron chi connectivity index (χ4n) is 3.39. The minimum atomic E-state index is -4.63. The normalized spacial score (nSPS) is 14.9. The number of thiazole rings is 1. The van der Waals surface area contributed by atoms with Crippen molar-refractivity contribution in [3.63, 3.8) is 0 Å². The zero-order valence-electron chi connectivity index (χ0n) is 17.3. The fraction of sp³-hybridized carbons (Fsp3) is 0.421. The molecule has 2 amide bonds. The molecule has 1 saturated carbocycles. The molecule has 180 valence electrons. The summed E-state index contributed by atoms with van der Waals surface area (Å²) in [6, 6.07) is 1.82. The monoisotopic (exact) mass is 568 g/mol. The summed E-state index contributed by atoms with van der Waals surface area (Å²) < 4.78 is 64.9. The van der Waals surface area contributed by atoms with E-state index < -0.39 is 33.6 Å². The van der Waals surface area contributed by atoms with Crippen LogP contribution in [0.1, 0.15) is 47.3 Å². The number of hydrogen-bond donors (Lipinski definition) is 3. The lowest BCUT2D eigenvalue weighted by molar-refractivity contribution is -0.137. The van der Waals surface area contributed by atoms with Crippen molar-refractivity contribution in [3.05, 3.63) is 38.8 Å². The second-order valence-corrected chi connectivity index (χ2v) is 11.7. The largest absolute Gasteiger partial charge is 0.416 e. The lowest BCUT2D eigenvalue weighted by Gasteiger charge is -2.16. The summed E-state index contributed by atoms with van der Waals surface area (Å²) in [6.07, 6.45) is -0.790. The number of sulfonamides is 1. The summed E-state index contributed by atoms with van der Waals surface area (Å²) in [7, 11) is -3.45. The van der Waals surface area contributed by atoms with E-state index in [2.05, 4.69) is 36.3 Å². The molecule has 1 aromatic heterocycles. The lowest BCUT2D eigenvalue weighted by Crippen LogP contribution is -2.23. The number of carbonyl (C=O) groups excluding carboxylic acids is 2. The number of aromatic nitrogens is 1. The van der Waals surface area contributed by atoms with Crippen molar-refractivity contribution in [1.29, 1.82) is 0 Å². The van der Waals surface area contributed by atoms with Crippen LogP contribution >= 0.6 is 27.3 Å². The molecule has 0 bridgehead atoms. The lowest BCUT2D eigenvalue weighted by atomic mass is 9.93. The van der Waals surface area contributed by atoms with Gasteiger partial charge in [-0.05, 0) is 47.0 Å². The van der Waals surface area contributed by atoms with Gasteiger partial charge >= 0.3 is 12.2 Å². The maximum Gasteiger partial charge on any atom is 0.416 e. The molecule has 1 heterocycles. The molecular formula is C19H20BrF3N4O4S2. The quantitative estimate of drug-likeness (QED) is 0.407. The highest BCUT2D eigenvalue weighted by Crippen LogP contribution is 2.35. The summed E-state index contributed by atoms with van der Waals surface area (Å²) >= 11 is 4.26. The van der Waals surface area contributed by atoms with Crippen molar-refractivity contribution in [3.8, 4) is 0 Å². The SMILES string of the molecule is CS(=O)(=O)NCc1nc(NC(=O)Nc2ccc(C(F)(F)F)cc2C(=O)C2CCCC2)sc1Br. The summed E-state index contributed by atoms with van der Waals surface area (Å²) in [4.78, 5) is 29.5. The molecule has 1 aliphatic rings. The second kappa shape index (κ2) is 10.1. The van der Waals surface area contributed by atoms with Crippen LogP contribution in [-0.4, -0.2) is 31.5 Å². The first-order chi connectivity index (χ1) is 15.3. The first-order valence-corrected chi connectivity index (χ1v) is 13.3. The molecule has 0 radical (unpaired) electrons. The van der Waals surface area contributed by atoms with Crippen LogP contribution in [0, 0.1) is 5.92 Å². The molecule has 0 saturated heterocycles. The highest BCUT2D eigenvalue weighted by atomic mass is 79.9. The van der Waals surface area contributed by atoms with E-state index >= 15 is 0 Å². The van der Waals surface area contributed by atoms with Gasteiger partial charge in [-0.15, -0.1) is 0 Å². The van der Waals surface area contributed by atoms with Crippen LogP contribution in [0.25, 0.3) is 0 Å². The Bertz CT molecular complexity index is 1160. The molecule has 1 fully saturated rings. The topological polar surface area (TPSA) is 117 Å². The van der Waals surface area contributed by atoms with Gasteiger partial charge in [0.25, 0.3) is 0 Å². The highest BCUT2D eigenvalue weighted by Gasteiger charge is 2.33. The van der Waals surface area contributed by atoms with Crippen LogP contribution in [-0.2, 0) is 22.7 Å². The third-order valence-electron chi connectivity index (χ3n) is 4.96. The Morgan fingerprint density at radius 3 is 2.48 bits per heavy atom. The zero-order chi connectivity index (χ0) is 24.4. The first kappa shape index (κ1) is 25.6. The molecule has 33 heavy (non-hydrogen) atoms. The molecule has 2 aromatic rings. The van der Waals surface area contributed by atoms with Crippen molar-refractivity contribution in [2.24, 2.45) is 5.92 Å². The van der Waals surface area contributed by atoms with Crippen molar-refractivity contribution >= 4 is 59.9 Å². The van der Waals surface area contributed by atoms with Crippen LogP contribution in [0.2, 0.25) is 0 Å². The number of alkyl halides is 3. The fourth-order valence-corrected chi connectivity index (χ4v) is 5.18.